The first-order valence-corrected chi connectivity index (χ1v) is 22.6. The molecule has 1 spiro atoms. The number of ether oxygens (including phenoxy) is 2. The highest BCUT2D eigenvalue weighted by atomic mass is 32.2. The summed E-state index contributed by atoms with van der Waals surface area (Å²) in [6.45, 7) is 8.01. The number of benzene rings is 1. The quantitative estimate of drug-likeness (QED) is 0.301. The van der Waals surface area contributed by atoms with Gasteiger partial charge in [-0.05, 0) is 108 Å². The van der Waals surface area contributed by atoms with Gasteiger partial charge in [-0.2, -0.15) is 0 Å². The van der Waals surface area contributed by atoms with Crippen molar-refractivity contribution in [3.8, 4) is 11.5 Å². The number of carbonyl (C=O) groups is 4. The molecular weight excluding hydrogens is 757 g/mol. The first-order chi connectivity index (χ1) is 27.6. The van der Waals surface area contributed by atoms with Gasteiger partial charge < -0.3 is 14.4 Å². The van der Waals surface area contributed by atoms with E-state index in [0.717, 1.165) is 53.4 Å². The molecule has 310 valence electrons. The summed E-state index contributed by atoms with van der Waals surface area (Å²) in [6, 6.07) is 4.87. The number of Topliss-reactive ketones (excluding diaryl/α,β-unsaturated/α-hetero) is 2. The van der Waals surface area contributed by atoms with Crippen LogP contribution < -0.4 is 14.2 Å². The zero-order chi connectivity index (χ0) is 41.2. The Hall–Kier alpha value is -4.39. The van der Waals surface area contributed by atoms with E-state index in [4.69, 9.17) is 14.5 Å². The number of allylic oxidation sites excluding steroid dienone is 3. The van der Waals surface area contributed by atoms with E-state index in [-0.39, 0.29) is 49.2 Å². The van der Waals surface area contributed by atoms with Gasteiger partial charge in [-0.15, -0.1) is 0 Å². The van der Waals surface area contributed by atoms with Gasteiger partial charge >= 0.3 is 0 Å². The molecule has 1 saturated heterocycles. The number of methoxy groups -OCH3 is 1. The first-order valence-electron chi connectivity index (χ1n) is 21.1. The Kier molecular flexibility index (Phi) is 10.5. The maximum Gasteiger partial charge on any atom is 0.240 e. The molecule has 58 heavy (non-hydrogen) atoms. The maximum absolute atomic E-state index is 15.1. The molecule has 0 unspecified atom stereocenters. The van der Waals surface area contributed by atoms with Crippen molar-refractivity contribution in [1.82, 2.24) is 14.6 Å². The predicted molar refractivity (Wildman–Crippen MR) is 220 cm³/mol. The van der Waals surface area contributed by atoms with Crippen molar-refractivity contribution in [3.05, 3.63) is 52.8 Å². The third kappa shape index (κ3) is 7.19. The first kappa shape index (κ1) is 40.4. The van der Waals surface area contributed by atoms with Crippen LogP contribution in [-0.2, 0) is 42.0 Å². The summed E-state index contributed by atoms with van der Waals surface area (Å²) in [6.07, 6.45) is 10.8. The largest absolute Gasteiger partial charge is 0.497 e. The number of nitrogens with zero attached hydrogens (tertiary/aromatic N) is 3. The number of hydrogen-bond donors (Lipinski definition) is 1. The second-order valence-electron chi connectivity index (χ2n) is 18.0. The smallest absolute Gasteiger partial charge is 0.240 e. The minimum absolute atomic E-state index is 0.00907. The number of sulfonamides is 1. The number of rotatable bonds is 8. The van der Waals surface area contributed by atoms with E-state index in [2.05, 4.69) is 9.71 Å². The summed E-state index contributed by atoms with van der Waals surface area (Å²) in [5.74, 6) is -0.907. The van der Waals surface area contributed by atoms with E-state index in [0.29, 0.717) is 74.3 Å². The average molecular weight is 813 g/mol. The molecule has 8 rings (SSSR count). The molecule has 5 atom stereocenters. The maximum atomic E-state index is 15.1. The average Bonchev–Trinajstić information content (AvgIpc) is 4.05. The van der Waals surface area contributed by atoms with Crippen molar-refractivity contribution in [3.63, 3.8) is 0 Å². The number of amides is 2. The molecule has 12 nitrogen and oxygen atoms in total. The van der Waals surface area contributed by atoms with Crippen LogP contribution in [-0.4, -0.2) is 84.0 Å². The molecule has 1 aromatic carbocycles. The molecule has 5 heterocycles. The lowest BCUT2D eigenvalue weighted by Gasteiger charge is -2.37. The van der Waals surface area contributed by atoms with Crippen LogP contribution in [0.15, 0.2) is 46.5 Å². The van der Waals surface area contributed by atoms with Crippen LogP contribution in [0.5, 0.6) is 11.5 Å². The van der Waals surface area contributed by atoms with Crippen molar-refractivity contribution in [2.24, 2.45) is 22.2 Å². The highest BCUT2D eigenvalue weighted by molar-refractivity contribution is 7.91. The number of aromatic nitrogens is 1. The Morgan fingerprint density at radius 3 is 2.59 bits per heavy atom. The molecule has 2 aromatic rings. The molecule has 0 radical (unpaired) electrons. The van der Waals surface area contributed by atoms with Gasteiger partial charge in [-0.3, -0.25) is 28.9 Å². The summed E-state index contributed by atoms with van der Waals surface area (Å²) in [5.41, 5.74) is 2.67. The van der Waals surface area contributed by atoms with E-state index < -0.39 is 43.7 Å². The number of aliphatic imine (C=N–C) groups is 1. The van der Waals surface area contributed by atoms with E-state index in [9.17, 15) is 22.8 Å². The van der Waals surface area contributed by atoms with Gasteiger partial charge in [0.25, 0.3) is 0 Å². The summed E-state index contributed by atoms with van der Waals surface area (Å²) in [4.78, 5) is 69.2. The van der Waals surface area contributed by atoms with Gasteiger partial charge in [-0.1, -0.05) is 31.9 Å². The standard InChI is InChI=1S/C45H56N4O8S/c1-6-34-40-32(33-21-31(56-5)14-15-35(33)47-34)16-17-44(57-40)23-36-38(51)24-45(42(53)48-58(54,55)43(4)18-19-43)22-30(45)13-11-9-7-8-10-12-29(41(52)49(36)26-44)20-37(50)39-27(2)25-46-28(39)3/h11,13-15,21,29-30,36H,6-10,12,16-20,22-26H2,1-5H3,(H,48,53)/b13-11-/t29-,30-,36+,44-,45-/m1/s1. The Balaban J connectivity index is 1.16. The number of pyridine rings is 1. The van der Waals surface area contributed by atoms with Crippen LogP contribution in [0, 0.1) is 17.3 Å². The molecule has 2 amide bonds. The topological polar surface area (TPSA) is 161 Å². The lowest BCUT2D eigenvalue weighted by atomic mass is 9.85. The summed E-state index contributed by atoms with van der Waals surface area (Å²) < 4.78 is 40.6. The molecule has 3 fully saturated rings. The fourth-order valence-corrected chi connectivity index (χ4v) is 11.2. The molecule has 2 aliphatic carbocycles. The Morgan fingerprint density at radius 1 is 1.09 bits per heavy atom. The van der Waals surface area contributed by atoms with Gasteiger partial charge in [0.1, 0.15) is 17.1 Å². The van der Waals surface area contributed by atoms with E-state index in [1.807, 2.05) is 51.1 Å². The van der Waals surface area contributed by atoms with Crippen molar-refractivity contribution in [1.29, 1.82) is 0 Å². The summed E-state index contributed by atoms with van der Waals surface area (Å²) in [5, 5.41) is 0.936. The van der Waals surface area contributed by atoms with Crippen LogP contribution >= 0.6 is 0 Å². The van der Waals surface area contributed by atoms with Gasteiger partial charge in [0.05, 0.1) is 47.6 Å². The van der Waals surface area contributed by atoms with Crippen molar-refractivity contribution in [2.75, 3.05) is 20.2 Å². The summed E-state index contributed by atoms with van der Waals surface area (Å²) in [7, 11) is -2.32. The Morgan fingerprint density at radius 2 is 1.88 bits per heavy atom. The van der Waals surface area contributed by atoms with Gasteiger partial charge in [0.15, 0.2) is 11.6 Å². The fraction of sp³-hybridized carbons (Fsp3) is 0.600. The Labute approximate surface area is 341 Å². The molecule has 6 aliphatic rings. The van der Waals surface area contributed by atoms with E-state index >= 15 is 4.79 Å². The third-order valence-corrected chi connectivity index (χ3v) is 16.1. The highest BCUT2D eigenvalue weighted by Gasteiger charge is 2.63. The van der Waals surface area contributed by atoms with Crippen molar-refractivity contribution >= 4 is 50.0 Å². The van der Waals surface area contributed by atoms with Crippen LogP contribution in [0.25, 0.3) is 10.9 Å². The number of nitrogens with one attached hydrogen (secondary N) is 1. The zero-order valence-corrected chi connectivity index (χ0v) is 35.3. The molecule has 0 bridgehead atoms. The Bertz CT molecular complexity index is 2290. The molecule has 4 aliphatic heterocycles. The molecular formula is C45H56N4O8S. The molecule has 1 N–H and O–H groups in total. The van der Waals surface area contributed by atoms with Crippen LogP contribution in [0.2, 0.25) is 0 Å². The number of carbonyl (C=O) groups excluding carboxylic acids is 4. The second-order valence-corrected chi connectivity index (χ2v) is 20.2. The van der Waals surface area contributed by atoms with Gasteiger partial charge in [0.2, 0.25) is 21.8 Å². The SMILES string of the molecule is CCc1nc2ccc(OC)cc2c2c1O[C@]1(CC2)C[C@H]2C(=O)C[C@]3(C(=O)NS(=O)(=O)C4(C)CC4)C[C@H]3/C=C\CCCCC[C@H](CC(=O)C3=C(C)CN=C3C)C(=O)N2C1. The second kappa shape index (κ2) is 15.0. The monoisotopic (exact) mass is 812 g/mol. The molecule has 2 saturated carbocycles. The number of hydrogen-bond acceptors (Lipinski definition) is 10. The number of fused-ring (bicyclic) bond motifs is 5. The lowest BCUT2D eigenvalue weighted by Crippen LogP contribution is -2.48. The van der Waals surface area contributed by atoms with Gasteiger partial charge in [-0.25, -0.2) is 13.4 Å². The minimum atomic E-state index is -3.94. The normalized spacial score (nSPS) is 30.1. The zero-order valence-electron chi connectivity index (χ0n) is 34.4. The van der Waals surface area contributed by atoms with Crippen molar-refractivity contribution in [2.45, 2.75) is 134 Å². The molecule has 1 aromatic heterocycles. The minimum Gasteiger partial charge on any atom is -0.497 e. The predicted octanol–water partition coefficient (Wildman–Crippen LogP) is 6.32. The molecule has 13 heteroatoms. The fourth-order valence-electron chi connectivity index (χ4n) is 9.88. The third-order valence-electron chi connectivity index (χ3n) is 14.0. The number of aryl methyl sites for hydroxylation is 2. The van der Waals surface area contributed by atoms with E-state index in [1.165, 1.54) is 0 Å². The number of ketones is 2. The lowest BCUT2D eigenvalue weighted by molar-refractivity contribution is -0.143. The van der Waals surface area contributed by atoms with Crippen molar-refractivity contribution < 1.29 is 37.1 Å². The van der Waals surface area contributed by atoms with Crippen LogP contribution in [0.3, 0.4) is 0 Å². The van der Waals surface area contributed by atoms with Crippen LogP contribution in [0.4, 0.5) is 0 Å². The summed E-state index contributed by atoms with van der Waals surface area (Å²) >= 11 is 0. The van der Waals surface area contributed by atoms with Gasteiger partial charge in [0, 0.05) is 47.4 Å². The highest BCUT2D eigenvalue weighted by Crippen LogP contribution is 2.58. The van der Waals surface area contributed by atoms with E-state index in [1.54, 1.807) is 18.9 Å². The van der Waals surface area contributed by atoms with Crippen LogP contribution in [0.1, 0.15) is 116 Å².